The zero-order valence-corrected chi connectivity index (χ0v) is 11.7. The third kappa shape index (κ3) is 2.33. The topological polar surface area (TPSA) is 59.2 Å². The number of fused-ring (bicyclic) bond motifs is 1. The number of nitrogen functional groups attached to an aromatic ring is 1. The minimum atomic E-state index is -0.00555. The summed E-state index contributed by atoms with van der Waals surface area (Å²) < 4.78 is 0. The number of hydrogen-bond acceptors (Lipinski definition) is 3. The van der Waals surface area contributed by atoms with E-state index in [9.17, 15) is 4.79 Å². The monoisotopic (exact) mass is 269 g/mol. The summed E-state index contributed by atoms with van der Waals surface area (Å²) in [6, 6.07) is 9.35. The summed E-state index contributed by atoms with van der Waals surface area (Å²) in [6.45, 7) is 3.81. The first-order valence-electron chi connectivity index (χ1n) is 7.09. The second-order valence-corrected chi connectivity index (χ2v) is 5.61. The van der Waals surface area contributed by atoms with Crippen LogP contribution in [0.4, 0.5) is 5.69 Å². The van der Waals surface area contributed by atoms with Crippen LogP contribution in [0.5, 0.6) is 0 Å². The maximum atomic E-state index is 12.5. The van der Waals surface area contributed by atoms with Crippen LogP contribution in [-0.2, 0) is 0 Å². The van der Waals surface area contributed by atoms with Crippen molar-refractivity contribution in [2.45, 2.75) is 19.8 Å². The van der Waals surface area contributed by atoms with Gasteiger partial charge in [0.2, 0.25) is 0 Å². The molecule has 0 radical (unpaired) electrons. The maximum absolute atomic E-state index is 12.5. The largest absolute Gasteiger partial charge is 0.398 e. The molecule has 3 rings (SSSR count). The quantitative estimate of drug-likeness (QED) is 0.866. The molecule has 2 aromatic rings. The van der Waals surface area contributed by atoms with Gasteiger partial charge in [0.15, 0.2) is 0 Å². The maximum Gasteiger partial charge on any atom is 0.272 e. The average Bonchev–Trinajstić information content (AvgIpc) is 2.46. The Balaban J connectivity index is 1.95. The van der Waals surface area contributed by atoms with Crippen molar-refractivity contribution in [2.24, 2.45) is 5.92 Å². The van der Waals surface area contributed by atoms with Crippen molar-refractivity contribution in [1.82, 2.24) is 9.88 Å². The third-order valence-electron chi connectivity index (χ3n) is 3.91. The lowest BCUT2D eigenvalue weighted by Crippen LogP contribution is -2.39. The Hall–Kier alpha value is -2.10. The zero-order chi connectivity index (χ0) is 14.1. The van der Waals surface area contributed by atoms with Crippen LogP contribution in [0.2, 0.25) is 0 Å². The lowest BCUT2D eigenvalue weighted by atomic mass is 10.00. The molecule has 1 aliphatic heterocycles. The predicted molar refractivity (Wildman–Crippen MR) is 80.5 cm³/mol. The lowest BCUT2D eigenvalue weighted by molar-refractivity contribution is 0.0677. The van der Waals surface area contributed by atoms with Crippen molar-refractivity contribution in [3.8, 4) is 0 Å². The number of benzene rings is 1. The lowest BCUT2D eigenvalue weighted by Gasteiger charge is -2.30. The molecule has 0 saturated carbocycles. The number of carbonyl (C=O) groups excluding carboxylic acids is 1. The molecule has 1 unspecified atom stereocenters. The van der Waals surface area contributed by atoms with Crippen LogP contribution in [0.3, 0.4) is 0 Å². The van der Waals surface area contributed by atoms with Crippen molar-refractivity contribution in [2.75, 3.05) is 18.8 Å². The summed E-state index contributed by atoms with van der Waals surface area (Å²) in [5.41, 5.74) is 7.89. The van der Waals surface area contributed by atoms with Gasteiger partial charge in [0, 0.05) is 24.2 Å². The van der Waals surface area contributed by atoms with E-state index in [-0.39, 0.29) is 5.91 Å². The van der Waals surface area contributed by atoms with Crippen molar-refractivity contribution < 1.29 is 4.79 Å². The summed E-state index contributed by atoms with van der Waals surface area (Å²) in [6.07, 6.45) is 2.26. The molecule has 1 amide bonds. The number of nitrogens with two attached hydrogens (primary N) is 1. The van der Waals surface area contributed by atoms with Gasteiger partial charge in [-0.1, -0.05) is 25.1 Å². The van der Waals surface area contributed by atoms with Crippen molar-refractivity contribution in [3.63, 3.8) is 0 Å². The highest BCUT2D eigenvalue weighted by atomic mass is 16.2. The molecule has 1 aromatic heterocycles. The molecule has 1 atom stereocenters. The fraction of sp³-hybridized carbons (Fsp3) is 0.375. The van der Waals surface area contributed by atoms with Gasteiger partial charge in [0.1, 0.15) is 5.69 Å². The normalized spacial score (nSPS) is 19.2. The number of likely N-dealkylation sites (tertiary alicyclic amines) is 1. The zero-order valence-electron chi connectivity index (χ0n) is 11.7. The molecular weight excluding hydrogens is 250 g/mol. The fourth-order valence-electron chi connectivity index (χ4n) is 2.85. The molecule has 4 nitrogen and oxygen atoms in total. The fourth-order valence-corrected chi connectivity index (χ4v) is 2.85. The van der Waals surface area contributed by atoms with E-state index in [1.165, 1.54) is 6.42 Å². The number of rotatable bonds is 1. The number of nitrogens with zero attached hydrogens (tertiary/aromatic N) is 2. The summed E-state index contributed by atoms with van der Waals surface area (Å²) in [7, 11) is 0. The first-order valence-corrected chi connectivity index (χ1v) is 7.09. The van der Waals surface area contributed by atoms with Crippen LogP contribution in [-0.4, -0.2) is 28.9 Å². The SMILES string of the molecule is CC1CCCN(C(=O)c2cc(N)c3ccccc3n2)C1. The van der Waals surface area contributed by atoms with E-state index in [1.54, 1.807) is 6.07 Å². The van der Waals surface area contributed by atoms with E-state index in [1.807, 2.05) is 29.2 Å². The number of amides is 1. The number of para-hydroxylation sites is 1. The van der Waals surface area contributed by atoms with Gasteiger partial charge >= 0.3 is 0 Å². The van der Waals surface area contributed by atoms with Gasteiger partial charge in [0.05, 0.1) is 5.52 Å². The van der Waals surface area contributed by atoms with Gasteiger partial charge < -0.3 is 10.6 Å². The van der Waals surface area contributed by atoms with Gasteiger partial charge in [-0.05, 0) is 30.9 Å². The highest BCUT2D eigenvalue weighted by Crippen LogP contribution is 2.22. The summed E-state index contributed by atoms with van der Waals surface area (Å²) in [5.74, 6) is 0.555. The van der Waals surface area contributed by atoms with Crippen LogP contribution < -0.4 is 5.73 Å². The van der Waals surface area contributed by atoms with Gasteiger partial charge in [-0.3, -0.25) is 4.79 Å². The molecule has 2 N–H and O–H groups in total. The number of aromatic nitrogens is 1. The van der Waals surface area contributed by atoms with Crippen LogP contribution in [0.15, 0.2) is 30.3 Å². The first-order chi connectivity index (χ1) is 9.65. The number of carbonyl (C=O) groups is 1. The molecule has 4 heteroatoms. The van der Waals surface area contributed by atoms with Gasteiger partial charge in [0.25, 0.3) is 5.91 Å². The standard InChI is InChI=1S/C16H19N3O/c1-11-5-4-8-19(10-11)16(20)15-9-13(17)12-6-2-3-7-14(12)18-15/h2-3,6-7,9,11H,4-5,8,10H2,1H3,(H2,17,18). The van der Waals surface area contributed by atoms with E-state index in [0.717, 1.165) is 30.4 Å². The third-order valence-corrected chi connectivity index (χ3v) is 3.91. The minimum Gasteiger partial charge on any atom is -0.398 e. The van der Waals surface area contributed by atoms with Gasteiger partial charge in [-0.15, -0.1) is 0 Å². The molecule has 0 spiro atoms. The average molecular weight is 269 g/mol. The molecule has 20 heavy (non-hydrogen) atoms. The molecule has 1 aromatic carbocycles. The van der Waals surface area contributed by atoms with Gasteiger partial charge in [-0.2, -0.15) is 0 Å². The molecule has 1 fully saturated rings. The Morgan fingerprint density at radius 3 is 3.00 bits per heavy atom. The van der Waals surface area contributed by atoms with Gasteiger partial charge in [-0.25, -0.2) is 4.98 Å². The number of anilines is 1. The van der Waals surface area contributed by atoms with E-state index >= 15 is 0 Å². The Bertz CT molecular complexity index is 653. The highest BCUT2D eigenvalue weighted by Gasteiger charge is 2.23. The van der Waals surface area contributed by atoms with E-state index in [0.29, 0.717) is 17.3 Å². The molecule has 0 aliphatic carbocycles. The van der Waals surface area contributed by atoms with E-state index in [4.69, 9.17) is 5.73 Å². The Morgan fingerprint density at radius 2 is 2.20 bits per heavy atom. The van der Waals surface area contributed by atoms with Crippen molar-refractivity contribution in [1.29, 1.82) is 0 Å². The predicted octanol–water partition coefficient (Wildman–Crippen LogP) is 2.69. The minimum absolute atomic E-state index is 0.00555. The first kappa shape index (κ1) is 12.9. The van der Waals surface area contributed by atoms with Crippen LogP contribution in [0.25, 0.3) is 10.9 Å². The van der Waals surface area contributed by atoms with Crippen molar-refractivity contribution >= 4 is 22.5 Å². The highest BCUT2D eigenvalue weighted by molar-refractivity contribution is 5.99. The Labute approximate surface area is 118 Å². The Morgan fingerprint density at radius 1 is 1.40 bits per heavy atom. The van der Waals surface area contributed by atoms with Crippen LogP contribution in [0, 0.1) is 5.92 Å². The molecule has 1 aliphatic rings. The number of piperidine rings is 1. The molecular formula is C16H19N3O. The van der Waals surface area contributed by atoms with Crippen molar-refractivity contribution in [3.05, 3.63) is 36.0 Å². The number of pyridine rings is 1. The molecule has 2 heterocycles. The smallest absolute Gasteiger partial charge is 0.272 e. The van der Waals surface area contributed by atoms with Crippen LogP contribution in [0.1, 0.15) is 30.3 Å². The van der Waals surface area contributed by atoms with Crippen LogP contribution >= 0.6 is 0 Å². The molecule has 104 valence electrons. The van der Waals surface area contributed by atoms with E-state index < -0.39 is 0 Å². The summed E-state index contributed by atoms with van der Waals surface area (Å²) in [5, 5.41) is 0.899. The number of hydrogen-bond donors (Lipinski definition) is 1. The molecule has 1 saturated heterocycles. The molecule has 0 bridgehead atoms. The Kier molecular flexibility index (Phi) is 3.30. The second kappa shape index (κ2) is 5.12. The summed E-state index contributed by atoms with van der Waals surface area (Å²) >= 11 is 0. The van der Waals surface area contributed by atoms with E-state index in [2.05, 4.69) is 11.9 Å². The second-order valence-electron chi connectivity index (χ2n) is 5.61. The summed E-state index contributed by atoms with van der Waals surface area (Å²) in [4.78, 5) is 18.9.